The third-order valence-electron chi connectivity index (χ3n) is 4.32. The number of benzene rings is 2. The van der Waals surface area contributed by atoms with Crippen LogP contribution in [-0.4, -0.2) is 19.5 Å². The number of halogens is 3. The normalized spacial score (nSPS) is 16.6. The summed E-state index contributed by atoms with van der Waals surface area (Å²) in [5.74, 6) is 0. The van der Waals surface area contributed by atoms with Crippen molar-refractivity contribution in [3.05, 3.63) is 77.4 Å². The fraction of sp³-hybridized carbons (Fsp3) is 0.300. The molecule has 0 saturated heterocycles. The van der Waals surface area contributed by atoms with Gasteiger partial charge in [-0.1, -0.05) is 0 Å². The molecule has 25 heavy (non-hydrogen) atoms. The summed E-state index contributed by atoms with van der Waals surface area (Å²) in [6.07, 6.45) is 6.21. The minimum absolute atomic E-state index is 0. The topological polar surface area (TPSA) is 0 Å². The molecule has 0 bridgehead atoms. The summed E-state index contributed by atoms with van der Waals surface area (Å²) in [7, 11) is 0.125. The number of allylic oxidation sites excluding steroid dienone is 1. The van der Waals surface area contributed by atoms with Crippen molar-refractivity contribution in [2.24, 2.45) is 0 Å². The van der Waals surface area contributed by atoms with Gasteiger partial charge in [0.15, 0.2) is 0 Å². The Morgan fingerprint density at radius 1 is 0.920 bits per heavy atom. The largest absolute Gasteiger partial charge is 1.00 e. The SMILES string of the molecule is CP(C)C[C](C)([Hf+3][CH]1C=Cc2ccccc21)c1ccccc1.[Cl-].[Cl-].[Cl-]. The summed E-state index contributed by atoms with van der Waals surface area (Å²) in [4.78, 5) is 0. The average Bonchev–Trinajstić information content (AvgIpc) is 2.90. The van der Waals surface area contributed by atoms with Gasteiger partial charge >= 0.3 is 148 Å². The molecule has 5 heteroatoms. The predicted octanol–water partition coefficient (Wildman–Crippen LogP) is -3.49. The monoisotopic (exact) mass is 579 g/mol. The third kappa shape index (κ3) is 6.18. The minimum Gasteiger partial charge on any atom is -1.00 e. The number of hydrogen-bond acceptors (Lipinski definition) is 0. The van der Waals surface area contributed by atoms with Crippen molar-refractivity contribution in [3.8, 4) is 0 Å². The average molecular weight is 579 g/mol. The van der Waals surface area contributed by atoms with Crippen LogP contribution in [0.15, 0.2) is 60.7 Å². The van der Waals surface area contributed by atoms with Gasteiger partial charge in [0.05, 0.1) is 0 Å². The Kier molecular flexibility index (Phi) is 11.4. The van der Waals surface area contributed by atoms with Crippen LogP contribution in [0, 0.1) is 0 Å². The van der Waals surface area contributed by atoms with E-state index in [1.807, 2.05) is 0 Å². The van der Waals surface area contributed by atoms with Gasteiger partial charge in [0.25, 0.3) is 0 Å². The molecular formula is C20H23Cl3HfP. The molecule has 0 heterocycles. The molecule has 3 rings (SSSR count). The summed E-state index contributed by atoms with van der Waals surface area (Å²) >= 11 is -0.921. The predicted molar refractivity (Wildman–Crippen MR) is 95.6 cm³/mol. The molecule has 0 radical (unpaired) electrons. The van der Waals surface area contributed by atoms with Crippen molar-refractivity contribution in [2.75, 3.05) is 19.5 Å². The van der Waals surface area contributed by atoms with E-state index in [2.05, 4.69) is 87.0 Å². The van der Waals surface area contributed by atoms with Crippen molar-refractivity contribution >= 4 is 14.0 Å². The van der Waals surface area contributed by atoms with Crippen LogP contribution >= 0.6 is 7.92 Å². The second kappa shape index (κ2) is 11.3. The first-order valence-corrected chi connectivity index (χ1v) is 14.1. The van der Waals surface area contributed by atoms with Crippen molar-refractivity contribution in [1.82, 2.24) is 0 Å². The standard InChI is InChI=1S/C11H16P.C9H7.3ClH.Hf/c1-10(9-12(2)3)11-7-5-4-6-8-11;1-2-5-9-7-3-6-8(9)4-1;;;;/h4-8H,9H2,1-3H3;1-7H;3*1H;/q;;;;;+3/p-3. The summed E-state index contributed by atoms with van der Waals surface area (Å²) < 4.78 is 1.19. The van der Waals surface area contributed by atoms with Gasteiger partial charge in [-0.25, -0.2) is 0 Å². The van der Waals surface area contributed by atoms with Crippen LogP contribution in [-0.2, 0) is 26.1 Å². The smallest absolute Gasteiger partial charge is 1.00 e. The molecule has 0 amide bonds. The van der Waals surface area contributed by atoms with Crippen molar-refractivity contribution in [3.63, 3.8) is 0 Å². The second-order valence-corrected chi connectivity index (χ2v) is 16.3. The molecule has 0 N–H and O–H groups in total. The zero-order chi connectivity index (χ0) is 15.6. The van der Waals surface area contributed by atoms with E-state index < -0.39 is 22.9 Å². The van der Waals surface area contributed by atoms with Gasteiger partial charge in [-0.15, -0.1) is 0 Å². The van der Waals surface area contributed by atoms with E-state index in [-0.39, 0.29) is 45.1 Å². The second-order valence-electron chi connectivity index (χ2n) is 6.55. The third-order valence-corrected chi connectivity index (χ3v) is 13.5. The van der Waals surface area contributed by atoms with E-state index in [9.17, 15) is 0 Å². The van der Waals surface area contributed by atoms with E-state index in [0.717, 1.165) is 3.67 Å². The Balaban J connectivity index is 0.00000192. The molecule has 2 unspecified atom stereocenters. The molecule has 0 saturated carbocycles. The zero-order valence-electron chi connectivity index (χ0n) is 14.7. The first kappa shape index (κ1) is 25.4. The van der Waals surface area contributed by atoms with Crippen LogP contribution < -0.4 is 37.2 Å². The molecule has 2 atom stereocenters. The van der Waals surface area contributed by atoms with Crippen LogP contribution in [0.25, 0.3) is 6.08 Å². The molecule has 1 aliphatic carbocycles. The number of rotatable bonds is 5. The van der Waals surface area contributed by atoms with E-state index in [4.69, 9.17) is 0 Å². The fourth-order valence-corrected chi connectivity index (χ4v) is 15.2. The maximum absolute atomic E-state index is 2.54. The number of fused-ring (bicyclic) bond motifs is 1. The maximum Gasteiger partial charge on any atom is -1.00 e. The fourth-order valence-electron chi connectivity index (χ4n) is 3.38. The first-order valence-electron chi connectivity index (χ1n) is 7.83. The van der Waals surface area contributed by atoms with Crippen LogP contribution in [0.4, 0.5) is 0 Å². The van der Waals surface area contributed by atoms with E-state index in [1.165, 1.54) is 11.7 Å². The molecule has 0 aliphatic heterocycles. The molecule has 0 nitrogen and oxygen atoms in total. The molecular weight excluding hydrogens is 556 g/mol. The Labute approximate surface area is 183 Å². The molecule has 2 aromatic rings. The maximum atomic E-state index is 2.54. The van der Waals surface area contributed by atoms with Gasteiger partial charge in [0.1, 0.15) is 0 Å². The van der Waals surface area contributed by atoms with Crippen LogP contribution in [0.2, 0.25) is 0 Å². The number of hydrogen-bond donors (Lipinski definition) is 0. The van der Waals surface area contributed by atoms with Crippen molar-refractivity contribution in [1.29, 1.82) is 0 Å². The van der Waals surface area contributed by atoms with Gasteiger partial charge in [-0.3, -0.25) is 0 Å². The molecule has 133 valence electrons. The zero-order valence-corrected chi connectivity index (χ0v) is 21.5. The van der Waals surface area contributed by atoms with Gasteiger partial charge < -0.3 is 37.2 Å². The molecule has 0 fully saturated rings. The van der Waals surface area contributed by atoms with E-state index >= 15 is 0 Å². The van der Waals surface area contributed by atoms with Gasteiger partial charge in [0, 0.05) is 0 Å². The summed E-state index contributed by atoms with van der Waals surface area (Å²) in [5, 5.41) is 0. The Morgan fingerprint density at radius 3 is 2.16 bits per heavy atom. The Hall–Kier alpha value is 0.350. The first-order chi connectivity index (χ1) is 10.6. The van der Waals surface area contributed by atoms with Crippen molar-refractivity contribution < 1.29 is 60.1 Å². The Bertz CT molecular complexity index is 676. The van der Waals surface area contributed by atoms with Gasteiger partial charge in [-0.2, -0.15) is 0 Å². The van der Waals surface area contributed by atoms with E-state index in [1.54, 1.807) is 11.1 Å². The Morgan fingerprint density at radius 2 is 1.52 bits per heavy atom. The molecule has 0 spiro atoms. The van der Waals surface area contributed by atoms with Crippen LogP contribution in [0.5, 0.6) is 0 Å². The van der Waals surface area contributed by atoms with Crippen LogP contribution in [0.3, 0.4) is 0 Å². The van der Waals surface area contributed by atoms with Crippen LogP contribution in [0.1, 0.15) is 27.3 Å². The summed E-state index contributed by atoms with van der Waals surface area (Å²) in [6.45, 7) is 7.40. The van der Waals surface area contributed by atoms with E-state index in [0.29, 0.717) is 3.17 Å². The van der Waals surface area contributed by atoms with Crippen molar-refractivity contribution in [2.45, 2.75) is 13.8 Å². The summed E-state index contributed by atoms with van der Waals surface area (Å²) in [5.41, 5.74) is 4.61. The summed E-state index contributed by atoms with van der Waals surface area (Å²) in [6, 6.07) is 20.3. The molecule has 1 aliphatic rings. The minimum atomic E-state index is -0.921. The quantitative estimate of drug-likeness (QED) is 0.255. The van der Waals surface area contributed by atoms with Gasteiger partial charge in [-0.05, 0) is 0 Å². The molecule has 0 aromatic heterocycles. The molecule has 2 aromatic carbocycles. The van der Waals surface area contributed by atoms with Gasteiger partial charge in [0.2, 0.25) is 0 Å².